The lowest BCUT2D eigenvalue weighted by atomic mass is 10.1. The summed E-state index contributed by atoms with van der Waals surface area (Å²) in [6, 6.07) is 3.74. The summed E-state index contributed by atoms with van der Waals surface area (Å²) in [6.07, 6.45) is 8.56. The van der Waals surface area contributed by atoms with Gasteiger partial charge >= 0.3 is 0 Å². The Bertz CT molecular complexity index is 1240. The van der Waals surface area contributed by atoms with E-state index in [-0.39, 0.29) is 23.5 Å². The number of fused-ring (bicyclic) bond motifs is 1. The Morgan fingerprint density at radius 1 is 1.29 bits per heavy atom. The van der Waals surface area contributed by atoms with Crippen LogP contribution in [0.5, 0.6) is 0 Å². The quantitative estimate of drug-likeness (QED) is 0.503. The first-order chi connectivity index (χ1) is 15.1. The first-order valence-corrected chi connectivity index (χ1v) is 10.0. The number of nitrogens with two attached hydrogens (primary N) is 1. The average molecular weight is 419 g/mol. The number of amides is 1. The highest BCUT2D eigenvalue weighted by Crippen LogP contribution is 2.30. The molecule has 31 heavy (non-hydrogen) atoms. The maximum absolute atomic E-state index is 12.8. The predicted octanol–water partition coefficient (Wildman–Crippen LogP) is 2.25. The van der Waals surface area contributed by atoms with E-state index in [0.717, 1.165) is 29.7 Å². The molecule has 0 radical (unpaired) electrons. The molecule has 1 aliphatic heterocycles. The molecular formula is C21H21N7O3. The zero-order valence-electron chi connectivity index (χ0n) is 16.9. The lowest BCUT2D eigenvalue weighted by Gasteiger charge is -2.13. The summed E-state index contributed by atoms with van der Waals surface area (Å²) in [5.74, 6) is -0.134. The Kier molecular flexibility index (Phi) is 4.83. The summed E-state index contributed by atoms with van der Waals surface area (Å²) in [6.45, 7) is 3.07. The number of pyridine rings is 1. The molecule has 0 saturated carbocycles. The zero-order valence-corrected chi connectivity index (χ0v) is 16.9. The van der Waals surface area contributed by atoms with E-state index in [1.807, 2.05) is 29.7 Å². The monoisotopic (exact) mass is 419 g/mol. The van der Waals surface area contributed by atoms with Crippen LogP contribution in [-0.2, 0) is 4.74 Å². The maximum Gasteiger partial charge on any atom is 0.273 e. The lowest BCUT2D eigenvalue weighted by Crippen LogP contribution is -2.33. The molecule has 10 heteroatoms. The van der Waals surface area contributed by atoms with Crippen molar-refractivity contribution in [2.24, 2.45) is 0 Å². The molecular weight excluding hydrogens is 398 g/mol. The van der Waals surface area contributed by atoms with Gasteiger partial charge in [-0.05, 0) is 31.9 Å². The summed E-state index contributed by atoms with van der Waals surface area (Å²) >= 11 is 0. The van der Waals surface area contributed by atoms with Crippen LogP contribution in [0.15, 0.2) is 41.4 Å². The van der Waals surface area contributed by atoms with E-state index >= 15 is 0 Å². The minimum Gasteiger partial charge on any atom is -0.443 e. The molecule has 4 aromatic heterocycles. The van der Waals surface area contributed by atoms with E-state index in [0.29, 0.717) is 24.5 Å². The van der Waals surface area contributed by atoms with Gasteiger partial charge in [0.25, 0.3) is 5.91 Å². The third kappa shape index (κ3) is 3.61. The predicted molar refractivity (Wildman–Crippen MR) is 112 cm³/mol. The number of hydrogen-bond donors (Lipinski definition) is 2. The number of nitrogen functional groups attached to an aromatic ring is 1. The van der Waals surface area contributed by atoms with Gasteiger partial charge in [-0.2, -0.15) is 0 Å². The van der Waals surface area contributed by atoms with Gasteiger partial charge in [0.1, 0.15) is 17.6 Å². The number of hydrogen-bond acceptors (Lipinski definition) is 8. The number of nitrogens with zero attached hydrogens (tertiary/aromatic N) is 5. The van der Waals surface area contributed by atoms with Gasteiger partial charge in [-0.3, -0.25) is 4.79 Å². The third-order valence-electron chi connectivity index (χ3n) is 5.25. The Morgan fingerprint density at radius 2 is 2.19 bits per heavy atom. The first-order valence-electron chi connectivity index (χ1n) is 10.0. The molecule has 0 bridgehead atoms. The summed E-state index contributed by atoms with van der Waals surface area (Å²) in [7, 11) is 0. The minimum absolute atomic E-state index is 0.00156. The Balaban J connectivity index is 1.57. The molecule has 1 saturated heterocycles. The number of carbonyl (C=O) groups excluding carboxylic acids is 1. The number of aromatic nitrogens is 5. The van der Waals surface area contributed by atoms with Crippen molar-refractivity contribution in [1.29, 1.82) is 0 Å². The van der Waals surface area contributed by atoms with Gasteiger partial charge in [0.2, 0.25) is 5.89 Å². The first kappa shape index (κ1) is 19.2. The van der Waals surface area contributed by atoms with Crippen LogP contribution in [0.3, 0.4) is 0 Å². The fraction of sp³-hybridized carbons (Fsp3) is 0.286. The molecule has 1 amide bonds. The fourth-order valence-corrected chi connectivity index (χ4v) is 3.64. The highest BCUT2D eigenvalue weighted by molar-refractivity contribution is 5.97. The lowest BCUT2D eigenvalue weighted by molar-refractivity contribution is 0.0854. The normalized spacial score (nSPS) is 16.1. The molecule has 10 nitrogen and oxygen atoms in total. The third-order valence-corrected chi connectivity index (χ3v) is 5.25. The number of imidazole rings is 1. The van der Waals surface area contributed by atoms with Crippen LogP contribution in [0.4, 0.5) is 5.82 Å². The molecule has 1 unspecified atom stereocenters. The number of anilines is 1. The number of carbonyl (C=O) groups is 1. The highest BCUT2D eigenvalue weighted by atomic mass is 16.5. The second kappa shape index (κ2) is 7.80. The molecule has 1 fully saturated rings. The Hall–Kier alpha value is -3.79. The summed E-state index contributed by atoms with van der Waals surface area (Å²) < 4.78 is 12.9. The van der Waals surface area contributed by atoms with E-state index in [1.165, 1.54) is 12.5 Å². The number of oxazole rings is 1. The smallest absolute Gasteiger partial charge is 0.273 e. The topological polar surface area (TPSA) is 133 Å². The zero-order chi connectivity index (χ0) is 21.4. The Morgan fingerprint density at radius 3 is 2.97 bits per heavy atom. The standard InChI is InChI=1S/C21H21N7O3/c1-12-9-24-15-5-4-13(11-28(12)15)16-17(21-23-6-8-31-21)27-19(22)18(26-16)20(29)25-10-14-3-2-7-30-14/h4-6,8-9,11,14H,2-3,7,10H2,1H3,(H2,22,27)(H,25,29). The van der Waals surface area contributed by atoms with Crippen molar-refractivity contribution in [2.45, 2.75) is 25.9 Å². The van der Waals surface area contributed by atoms with Gasteiger partial charge in [0.05, 0.1) is 12.3 Å². The van der Waals surface area contributed by atoms with Crippen LogP contribution in [0.2, 0.25) is 0 Å². The van der Waals surface area contributed by atoms with Crippen LogP contribution in [0.25, 0.3) is 28.5 Å². The summed E-state index contributed by atoms with van der Waals surface area (Å²) in [5, 5.41) is 2.85. The van der Waals surface area contributed by atoms with E-state index in [4.69, 9.17) is 14.9 Å². The second-order valence-electron chi connectivity index (χ2n) is 7.38. The van der Waals surface area contributed by atoms with Gasteiger partial charge < -0.3 is 24.6 Å². The molecule has 5 rings (SSSR count). The van der Waals surface area contributed by atoms with E-state index < -0.39 is 5.91 Å². The van der Waals surface area contributed by atoms with Crippen LogP contribution >= 0.6 is 0 Å². The maximum atomic E-state index is 12.8. The van der Waals surface area contributed by atoms with Crippen LogP contribution < -0.4 is 11.1 Å². The van der Waals surface area contributed by atoms with Crippen LogP contribution in [-0.4, -0.2) is 49.5 Å². The molecule has 0 aliphatic carbocycles. The highest BCUT2D eigenvalue weighted by Gasteiger charge is 2.23. The molecule has 1 atom stereocenters. The van der Waals surface area contributed by atoms with Crippen molar-refractivity contribution in [3.05, 3.63) is 48.4 Å². The van der Waals surface area contributed by atoms with E-state index in [1.54, 1.807) is 6.20 Å². The van der Waals surface area contributed by atoms with Gasteiger partial charge in [0.15, 0.2) is 17.2 Å². The van der Waals surface area contributed by atoms with Crippen molar-refractivity contribution in [3.8, 4) is 22.8 Å². The average Bonchev–Trinajstić information content (AvgIpc) is 3.55. The fourth-order valence-electron chi connectivity index (χ4n) is 3.64. The van der Waals surface area contributed by atoms with Crippen molar-refractivity contribution in [3.63, 3.8) is 0 Å². The van der Waals surface area contributed by atoms with Crippen molar-refractivity contribution in [1.82, 2.24) is 29.7 Å². The number of ether oxygens (including phenoxy) is 1. The molecule has 0 spiro atoms. The molecule has 158 valence electrons. The summed E-state index contributed by atoms with van der Waals surface area (Å²) in [5.41, 5.74) is 9.44. The SMILES string of the molecule is Cc1cnc2ccc(-c3nc(C(=O)NCC4CCCO4)c(N)nc3-c3ncco3)cn12. The van der Waals surface area contributed by atoms with Gasteiger partial charge in [0, 0.05) is 36.8 Å². The molecule has 4 aromatic rings. The van der Waals surface area contributed by atoms with E-state index in [2.05, 4.69) is 25.3 Å². The largest absolute Gasteiger partial charge is 0.443 e. The van der Waals surface area contributed by atoms with E-state index in [9.17, 15) is 4.79 Å². The van der Waals surface area contributed by atoms with Crippen molar-refractivity contribution < 1.29 is 13.9 Å². The molecule has 5 heterocycles. The molecule has 0 aromatic carbocycles. The Labute approximate surface area is 177 Å². The minimum atomic E-state index is -0.402. The van der Waals surface area contributed by atoms with Crippen LogP contribution in [0, 0.1) is 6.92 Å². The van der Waals surface area contributed by atoms with Crippen LogP contribution in [0.1, 0.15) is 29.0 Å². The molecule has 3 N–H and O–H groups in total. The van der Waals surface area contributed by atoms with Gasteiger partial charge in [-0.1, -0.05) is 0 Å². The van der Waals surface area contributed by atoms with Crippen molar-refractivity contribution in [2.75, 3.05) is 18.9 Å². The van der Waals surface area contributed by atoms with Gasteiger partial charge in [-0.25, -0.2) is 19.9 Å². The van der Waals surface area contributed by atoms with Gasteiger partial charge in [-0.15, -0.1) is 0 Å². The number of nitrogens with one attached hydrogen (secondary N) is 1. The second-order valence-corrected chi connectivity index (χ2v) is 7.38. The number of aryl methyl sites for hydroxylation is 1. The van der Waals surface area contributed by atoms with Crippen molar-refractivity contribution >= 4 is 17.4 Å². The number of rotatable bonds is 5. The summed E-state index contributed by atoms with van der Waals surface area (Å²) in [4.78, 5) is 30.4. The molecule has 1 aliphatic rings.